The van der Waals surface area contributed by atoms with E-state index in [-0.39, 0.29) is 12.5 Å². The van der Waals surface area contributed by atoms with Crippen LogP contribution in [-0.4, -0.2) is 23.2 Å². The fourth-order valence-electron chi connectivity index (χ4n) is 2.50. The number of ether oxygens (including phenoxy) is 1. The summed E-state index contributed by atoms with van der Waals surface area (Å²) < 4.78 is 5.87. The number of hydrogen-bond acceptors (Lipinski definition) is 3. The molecule has 104 valence electrons. The van der Waals surface area contributed by atoms with Gasteiger partial charge in [0.25, 0.3) is 0 Å². The molecule has 0 heterocycles. The minimum Gasteiger partial charge on any atom is -0.490 e. The van der Waals surface area contributed by atoms with Crippen LogP contribution in [0.5, 0.6) is 5.75 Å². The molecule has 1 aromatic rings. The first-order chi connectivity index (χ1) is 9.13. The summed E-state index contributed by atoms with van der Waals surface area (Å²) in [6.45, 7) is 0. The molecule has 1 fully saturated rings. The molecule has 1 atom stereocenters. The summed E-state index contributed by atoms with van der Waals surface area (Å²) in [6, 6.07) is 7.49. The van der Waals surface area contributed by atoms with Crippen molar-refractivity contribution in [3.05, 3.63) is 29.8 Å². The number of benzene rings is 1. The van der Waals surface area contributed by atoms with Gasteiger partial charge in [-0.25, -0.2) is 0 Å². The van der Waals surface area contributed by atoms with Crippen molar-refractivity contribution in [2.75, 3.05) is 0 Å². The lowest BCUT2D eigenvalue weighted by Gasteiger charge is -2.14. The van der Waals surface area contributed by atoms with Gasteiger partial charge in [0.2, 0.25) is 0 Å². The van der Waals surface area contributed by atoms with E-state index in [1.165, 1.54) is 12.8 Å². The normalized spacial score (nSPS) is 17.3. The molecule has 0 aromatic heterocycles. The average Bonchev–Trinajstić information content (AvgIpc) is 2.83. The number of aliphatic carboxylic acids is 1. The number of carbonyl (C=O) groups is 1. The lowest BCUT2D eigenvalue weighted by Crippen LogP contribution is -2.26. The maximum absolute atomic E-state index is 10.5. The summed E-state index contributed by atoms with van der Waals surface area (Å²) in [7, 11) is 0. The molecule has 1 unspecified atom stereocenters. The molecule has 0 radical (unpaired) electrons. The molecule has 4 heteroatoms. The monoisotopic (exact) mass is 263 g/mol. The Morgan fingerprint density at radius 3 is 2.53 bits per heavy atom. The molecule has 1 aromatic carbocycles. The average molecular weight is 263 g/mol. The van der Waals surface area contributed by atoms with Gasteiger partial charge in [0, 0.05) is 6.04 Å². The molecule has 3 N–H and O–H groups in total. The Morgan fingerprint density at radius 1 is 1.32 bits per heavy atom. The zero-order valence-electron chi connectivity index (χ0n) is 11.0. The lowest BCUT2D eigenvalue weighted by molar-refractivity contribution is -0.137. The molecule has 1 aliphatic carbocycles. The minimum absolute atomic E-state index is 0.000323. The van der Waals surface area contributed by atoms with E-state index >= 15 is 0 Å². The highest BCUT2D eigenvalue weighted by atomic mass is 16.5. The second kappa shape index (κ2) is 6.57. The van der Waals surface area contributed by atoms with Gasteiger partial charge >= 0.3 is 5.97 Å². The Balaban J connectivity index is 1.85. The van der Waals surface area contributed by atoms with Crippen LogP contribution in [-0.2, 0) is 11.2 Å². The smallest absolute Gasteiger partial charge is 0.304 e. The molecule has 1 saturated carbocycles. The van der Waals surface area contributed by atoms with Crippen LogP contribution in [0, 0.1) is 0 Å². The van der Waals surface area contributed by atoms with Crippen LogP contribution in [0.4, 0.5) is 0 Å². The van der Waals surface area contributed by atoms with Crippen molar-refractivity contribution in [3.63, 3.8) is 0 Å². The van der Waals surface area contributed by atoms with E-state index in [1.54, 1.807) is 0 Å². The third-order valence-corrected chi connectivity index (χ3v) is 3.46. The van der Waals surface area contributed by atoms with Crippen LogP contribution < -0.4 is 10.5 Å². The molecule has 19 heavy (non-hydrogen) atoms. The first kappa shape index (κ1) is 13.9. The quantitative estimate of drug-likeness (QED) is 0.826. The highest BCUT2D eigenvalue weighted by molar-refractivity contribution is 5.67. The van der Waals surface area contributed by atoms with Crippen molar-refractivity contribution < 1.29 is 14.6 Å². The summed E-state index contributed by atoms with van der Waals surface area (Å²) in [5.74, 6) is 0.0381. The first-order valence-electron chi connectivity index (χ1n) is 6.86. The zero-order valence-corrected chi connectivity index (χ0v) is 11.0. The second-order valence-electron chi connectivity index (χ2n) is 5.23. The molecule has 0 saturated heterocycles. The predicted molar refractivity (Wildman–Crippen MR) is 73.3 cm³/mol. The van der Waals surface area contributed by atoms with Crippen LogP contribution in [0.3, 0.4) is 0 Å². The van der Waals surface area contributed by atoms with Crippen LogP contribution in [0.2, 0.25) is 0 Å². The van der Waals surface area contributed by atoms with E-state index in [0.717, 1.165) is 24.2 Å². The van der Waals surface area contributed by atoms with E-state index in [1.807, 2.05) is 24.3 Å². The van der Waals surface area contributed by atoms with Gasteiger partial charge < -0.3 is 15.6 Å². The first-order valence-corrected chi connectivity index (χ1v) is 6.86. The third kappa shape index (κ3) is 4.56. The molecule has 0 aliphatic heterocycles. The molecular weight excluding hydrogens is 242 g/mol. The second-order valence-corrected chi connectivity index (χ2v) is 5.23. The highest BCUT2D eigenvalue weighted by Crippen LogP contribution is 2.24. The van der Waals surface area contributed by atoms with Crippen molar-refractivity contribution in [3.8, 4) is 5.75 Å². The van der Waals surface area contributed by atoms with Gasteiger partial charge in [-0.1, -0.05) is 12.1 Å². The molecule has 0 bridgehead atoms. The van der Waals surface area contributed by atoms with Crippen molar-refractivity contribution >= 4 is 5.97 Å². The van der Waals surface area contributed by atoms with E-state index in [0.29, 0.717) is 12.5 Å². The van der Waals surface area contributed by atoms with Crippen molar-refractivity contribution in [2.24, 2.45) is 5.73 Å². The van der Waals surface area contributed by atoms with Crippen LogP contribution in [0.15, 0.2) is 24.3 Å². The zero-order chi connectivity index (χ0) is 13.7. The fourth-order valence-corrected chi connectivity index (χ4v) is 2.50. The predicted octanol–water partition coefficient (Wildman–Crippen LogP) is 2.35. The summed E-state index contributed by atoms with van der Waals surface area (Å²) in [4.78, 5) is 10.5. The van der Waals surface area contributed by atoms with E-state index < -0.39 is 5.97 Å². The Hall–Kier alpha value is -1.55. The fraction of sp³-hybridized carbons (Fsp3) is 0.533. The molecule has 2 rings (SSSR count). The Kier molecular flexibility index (Phi) is 4.80. The Morgan fingerprint density at radius 2 is 1.95 bits per heavy atom. The van der Waals surface area contributed by atoms with E-state index in [2.05, 4.69) is 0 Å². The number of carboxylic acid groups (broad SMARTS) is 1. The van der Waals surface area contributed by atoms with Crippen molar-refractivity contribution in [1.82, 2.24) is 0 Å². The number of nitrogens with two attached hydrogens (primary N) is 1. The van der Waals surface area contributed by atoms with Gasteiger partial charge in [0.1, 0.15) is 5.75 Å². The van der Waals surface area contributed by atoms with Crippen LogP contribution >= 0.6 is 0 Å². The Bertz CT molecular complexity index is 410. The lowest BCUT2D eigenvalue weighted by atomic mass is 10.0. The molecule has 0 spiro atoms. The van der Waals surface area contributed by atoms with E-state index in [9.17, 15) is 4.79 Å². The third-order valence-electron chi connectivity index (χ3n) is 3.46. The number of rotatable bonds is 6. The summed E-state index contributed by atoms with van der Waals surface area (Å²) >= 11 is 0. The van der Waals surface area contributed by atoms with Crippen molar-refractivity contribution in [1.29, 1.82) is 0 Å². The van der Waals surface area contributed by atoms with Crippen LogP contribution in [0.1, 0.15) is 37.7 Å². The van der Waals surface area contributed by atoms with E-state index in [4.69, 9.17) is 15.6 Å². The maximum Gasteiger partial charge on any atom is 0.304 e. The minimum atomic E-state index is -0.853. The number of hydrogen-bond donors (Lipinski definition) is 2. The van der Waals surface area contributed by atoms with Crippen LogP contribution in [0.25, 0.3) is 0 Å². The van der Waals surface area contributed by atoms with Gasteiger partial charge in [-0.05, 0) is 49.8 Å². The molecule has 1 aliphatic rings. The topological polar surface area (TPSA) is 72.6 Å². The largest absolute Gasteiger partial charge is 0.490 e. The van der Waals surface area contributed by atoms with Gasteiger partial charge in [-0.15, -0.1) is 0 Å². The SMILES string of the molecule is NC(CC(=O)O)Cc1ccc(OC2CCCC2)cc1. The Labute approximate surface area is 113 Å². The highest BCUT2D eigenvalue weighted by Gasteiger charge is 2.16. The molecular formula is C15H21NO3. The summed E-state index contributed by atoms with van der Waals surface area (Å²) in [6.07, 6.45) is 5.74. The summed E-state index contributed by atoms with van der Waals surface area (Å²) in [5.41, 5.74) is 6.81. The van der Waals surface area contributed by atoms with Gasteiger partial charge in [0.15, 0.2) is 0 Å². The summed E-state index contributed by atoms with van der Waals surface area (Å²) in [5, 5.41) is 8.67. The van der Waals surface area contributed by atoms with Gasteiger partial charge in [-0.3, -0.25) is 4.79 Å². The van der Waals surface area contributed by atoms with Gasteiger partial charge in [0.05, 0.1) is 12.5 Å². The molecule has 0 amide bonds. The number of carboxylic acids is 1. The van der Waals surface area contributed by atoms with Gasteiger partial charge in [-0.2, -0.15) is 0 Å². The van der Waals surface area contributed by atoms with Crippen molar-refractivity contribution in [2.45, 2.75) is 50.7 Å². The molecule has 4 nitrogen and oxygen atoms in total. The standard InChI is InChI=1S/C15H21NO3/c16-12(10-15(17)18)9-11-5-7-14(8-6-11)19-13-3-1-2-4-13/h5-8,12-13H,1-4,9-10,16H2,(H,17,18). The maximum atomic E-state index is 10.5.